The number of nitrogens with one attached hydrogen (secondary N) is 1. The van der Waals surface area contributed by atoms with Gasteiger partial charge in [0.1, 0.15) is 19.4 Å². The summed E-state index contributed by atoms with van der Waals surface area (Å²) in [6, 6.07) is 18.8. The van der Waals surface area contributed by atoms with Crippen LogP contribution in [0.5, 0.6) is 11.5 Å². The average Bonchev–Trinajstić information content (AvgIpc) is 3.11. The zero-order chi connectivity index (χ0) is 15.2. The molecular weight excluding hydrogens is 288 g/mol. The lowest BCUT2D eigenvalue weighted by Crippen LogP contribution is -2.24. The van der Waals surface area contributed by atoms with Crippen molar-refractivity contribution in [2.45, 2.75) is 6.17 Å². The Kier molecular flexibility index (Phi) is 2.65. The van der Waals surface area contributed by atoms with Crippen LogP contribution in [0.2, 0.25) is 0 Å². The molecule has 1 aromatic heterocycles. The van der Waals surface area contributed by atoms with Gasteiger partial charge in [0.05, 0.1) is 5.69 Å². The molecule has 4 heteroatoms. The molecule has 1 atom stereocenters. The van der Waals surface area contributed by atoms with Crippen molar-refractivity contribution in [3.8, 4) is 22.8 Å². The number of aromatic nitrogens is 1. The molecule has 2 aromatic carbocycles. The largest absolute Gasteiger partial charge is 0.486 e. The molecule has 23 heavy (non-hydrogen) atoms. The van der Waals surface area contributed by atoms with Crippen LogP contribution in [0.25, 0.3) is 11.3 Å². The van der Waals surface area contributed by atoms with Gasteiger partial charge >= 0.3 is 0 Å². The maximum absolute atomic E-state index is 5.73. The molecule has 4 nitrogen and oxygen atoms in total. The van der Waals surface area contributed by atoms with E-state index in [1.54, 1.807) is 0 Å². The number of benzene rings is 2. The summed E-state index contributed by atoms with van der Waals surface area (Å²) in [5, 5.41) is 3.63. The van der Waals surface area contributed by atoms with Gasteiger partial charge in [0.25, 0.3) is 0 Å². The summed E-state index contributed by atoms with van der Waals surface area (Å²) in [6.07, 6.45) is 2.16. The average molecular weight is 304 g/mol. The third kappa shape index (κ3) is 1.91. The smallest absolute Gasteiger partial charge is 0.161 e. The Hall–Kier alpha value is -2.88. The highest BCUT2D eigenvalue weighted by molar-refractivity contribution is 5.79. The molecular formula is C19H16N2O2. The fraction of sp³-hybridized carbons (Fsp3) is 0.158. The van der Waals surface area contributed by atoms with Gasteiger partial charge in [-0.3, -0.25) is 0 Å². The molecule has 5 rings (SSSR count). The lowest BCUT2D eigenvalue weighted by atomic mass is 10.0. The highest BCUT2D eigenvalue weighted by atomic mass is 16.6. The van der Waals surface area contributed by atoms with Crippen molar-refractivity contribution in [2.75, 3.05) is 18.5 Å². The minimum atomic E-state index is 0.0470. The zero-order valence-electron chi connectivity index (χ0n) is 12.5. The summed E-state index contributed by atoms with van der Waals surface area (Å²) in [5.74, 6) is 1.65. The summed E-state index contributed by atoms with van der Waals surface area (Å²) < 4.78 is 13.6. The van der Waals surface area contributed by atoms with E-state index in [-0.39, 0.29) is 6.17 Å². The van der Waals surface area contributed by atoms with E-state index in [0.717, 1.165) is 22.7 Å². The molecule has 0 radical (unpaired) electrons. The van der Waals surface area contributed by atoms with Crippen molar-refractivity contribution in [3.63, 3.8) is 0 Å². The second-order valence-electron chi connectivity index (χ2n) is 5.80. The highest BCUT2D eigenvalue weighted by Gasteiger charge is 2.25. The lowest BCUT2D eigenvalue weighted by molar-refractivity contribution is 0.171. The van der Waals surface area contributed by atoms with Gasteiger partial charge in [-0.05, 0) is 35.9 Å². The van der Waals surface area contributed by atoms with Crippen LogP contribution in [-0.4, -0.2) is 17.8 Å². The summed E-state index contributed by atoms with van der Waals surface area (Å²) in [4.78, 5) is 0. The maximum Gasteiger partial charge on any atom is 0.161 e. The molecule has 2 aliphatic heterocycles. The number of anilines is 1. The van der Waals surface area contributed by atoms with Crippen LogP contribution in [0.3, 0.4) is 0 Å². The van der Waals surface area contributed by atoms with Crippen molar-refractivity contribution in [3.05, 3.63) is 66.4 Å². The molecule has 2 aliphatic rings. The fourth-order valence-corrected chi connectivity index (χ4v) is 3.37. The number of rotatable bonds is 1. The van der Waals surface area contributed by atoms with Gasteiger partial charge in [-0.1, -0.05) is 24.3 Å². The van der Waals surface area contributed by atoms with Crippen molar-refractivity contribution < 1.29 is 9.47 Å². The van der Waals surface area contributed by atoms with Gasteiger partial charge in [0, 0.05) is 17.4 Å². The minimum absolute atomic E-state index is 0.0470. The van der Waals surface area contributed by atoms with E-state index >= 15 is 0 Å². The van der Waals surface area contributed by atoms with Gasteiger partial charge < -0.3 is 19.4 Å². The standard InChI is InChI=1S/C19H16N2O2/c1-2-5-15-14(4-1)16-6-3-9-21(16)19(20-15)13-7-8-17-18(12-13)23-11-10-22-17/h1-9,12,19-20H,10-11H2. The summed E-state index contributed by atoms with van der Waals surface area (Å²) in [6.45, 7) is 1.22. The number of hydrogen-bond donors (Lipinski definition) is 1. The Morgan fingerprint density at radius 1 is 0.913 bits per heavy atom. The first kappa shape index (κ1) is 12.6. The molecule has 0 fully saturated rings. The monoisotopic (exact) mass is 304 g/mol. The SMILES string of the molecule is c1ccc2c(c1)NC(c1ccc3c(c1)OCCO3)n1cccc1-2. The molecule has 0 spiro atoms. The van der Waals surface area contributed by atoms with E-state index < -0.39 is 0 Å². The van der Waals surface area contributed by atoms with Gasteiger partial charge in [0.2, 0.25) is 0 Å². The normalized spacial score (nSPS) is 17.8. The Morgan fingerprint density at radius 2 is 1.78 bits per heavy atom. The van der Waals surface area contributed by atoms with Gasteiger partial charge in [0.15, 0.2) is 11.5 Å². The molecule has 0 bridgehead atoms. The van der Waals surface area contributed by atoms with Crippen LogP contribution in [0.15, 0.2) is 60.8 Å². The second kappa shape index (κ2) is 4.81. The van der Waals surface area contributed by atoms with E-state index in [4.69, 9.17) is 9.47 Å². The van der Waals surface area contributed by atoms with Gasteiger partial charge in [-0.25, -0.2) is 0 Å². The fourth-order valence-electron chi connectivity index (χ4n) is 3.37. The van der Waals surface area contributed by atoms with Gasteiger partial charge in [-0.2, -0.15) is 0 Å². The van der Waals surface area contributed by atoms with Crippen molar-refractivity contribution in [1.82, 2.24) is 4.57 Å². The third-order valence-electron chi connectivity index (χ3n) is 4.43. The van der Waals surface area contributed by atoms with Crippen molar-refractivity contribution >= 4 is 5.69 Å². The predicted molar refractivity (Wildman–Crippen MR) is 89.1 cm³/mol. The minimum Gasteiger partial charge on any atom is -0.486 e. The predicted octanol–water partition coefficient (Wildman–Crippen LogP) is 3.90. The van der Waals surface area contributed by atoms with Crippen LogP contribution in [0.4, 0.5) is 5.69 Å². The van der Waals surface area contributed by atoms with Crippen molar-refractivity contribution in [2.24, 2.45) is 0 Å². The van der Waals surface area contributed by atoms with Crippen LogP contribution in [0, 0.1) is 0 Å². The topological polar surface area (TPSA) is 35.4 Å². The number of ether oxygens (including phenoxy) is 2. The van der Waals surface area contributed by atoms with E-state index in [1.165, 1.54) is 11.3 Å². The summed E-state index contributed by atoms with van der Waals surface area (Å²) >= 11 is 0. The maximum atomic E-state index is 5.73. The summed E-state index contributed by atoms with van der Waals surface area (Å²) in [5.41, 5.74) is 4.75. The van der Waals surface area contributed by atoms with Gasteiger partial charge in [-0.15, -0.1) is 0 Å². The van der Waals surface area contributed by atoms with E-state index in [1.807, 2.05) is 6.07 Å². The first-order valence-electron chi connectivity index (χ1n) is 7.82. The summed E-state index contributed by atoms with van der Waals surface area (Å²) in [7, 11) is 0. The van der Waals surface area contributed by atoms with E-state index in [9.17, 15) is 0 Å². The van der Waals surface area contributed by atoms with E-state index in [2.05, 4.69) is 64.6 Å². The molecule has 3 heterocycles. The quantitative estimate of drug-likeness (QED) is 0.740. The molecule has 0 saturated heterocycles. The Labute approximate surface area is 134 Å². The zero-order valence-corrected chi connectivity index (χ0v) is 12.5. The van der Waals surface area contributed by atoms with Crippen LogP contribution >= 0.6 is 0 Å². The number of hydrogen-bond acceptors (Lipinski definition) is 3. The Balaban J connectivity index is 1.62. The van der Waals surface area contributed by atoms with Crippen molar-refractivity contribution in [1.29, 1.82) is 0 Å². The lowest BCUT2D eigenvalue weighted by Gasteiger charge is -2.31. The third-order valence-corrected chi connectivity index (χ3v) is 4.43. The molecule has 0 amide bonds. The number of fused-ring (bicyclic) bond motifs is 4. The second-order valence-corrected chi connectivity index (χ2v) is 5.80. The molecule has 3 aromatic rings. The molecule has 114 valence electrons. The number of nitrogens with zero attached hydrogens (tertiary/aromatic N) is 1. The molecule has 0 saturated carbocycles. The first-order valence-corrected chi connectivity index (χ1v) is 7.82. The van der Waals surface area contributed by atoms with Crippen LogP contribution in [0.1, 0.15) is 11.7 Å². The molecule has 1 unspecified atom stereocenters. The van der Waals surface area contributed by atoms with Crippen LogP contribution < -0.4 is 14.8 Å². The molecule has 1 N–H and O–H groups in total. The molecule has 0 aliphatic carbocycles. The highest BCUT2D eigenvalue weighted by Crippen LogP contribution is 2.40. The Morgan fingerprint density at radius 3 is 2.74 bits per heavy atom. The van der Waals surface area contributed by atoms with Crippen LogP contribution in [-0.2, 0) is 0 Å². The first-order chi connectivity index (χ1) is 11.4. The van der Waals surface area contributed by atoms with E-state index in [0.29, 0.717) is 13.2 Å². The number of para-hydroxylation sites is 1. The Bertz CT molecular complexity index is 885.